The molecule has 0 fully saturated rings. The molecule has 3 aromatic rings. The predicted octanol–water partition coefficient (Wildman–Crippen LogP) is 1.69. The van der Waals surface area contributed by atoms with Crippen LogP contribution in [0.1, 0.15) is 5.82 Å². The van der Waals surface area contributed by atoms with Crippen molar-refractivity contribution in [3.05, 3.63) is 48.5 Å². The Morgan fingerprint density at radius 1 is 1.07 bits per heavy atom. The van der Waals surface area contributed by atoms with Crippen LogP contribution in [-0.2, 0) is 33.2 Å². The molecule has 0 saturated carbocycles. The number of ether oxygens (including phenoxy) is 2. The number of aromatic nitrogens is 4. The summed E-state index contributed by atoms with van der Waals surface area (Å²) in [6, 6.07) is 8.13. The first-order chi connectivity index (χ1) is 14.4. The molecule has 0 spiro atoms. The lowest BCUT2D eigenvalue weighted by Crippen LogP contribution is -2.27. The molecule has 1 aromatic carbocycles. The Bertz CT molecular complexity index is 1080. The Morgan fingerprint density at radius 2 is 1.83 bits per heavy atom. The highest BCUT2D eigenvalue weighted by Crippen LogP contribution is 2.21. The number of sulfonamides is 1. The number of nitrogens with one attached hydrogen (secondary N) is 2. The summed E-state index contributed by atoms with van der Waals surface area (Å²) in [5, 5.41) is 3.08. The Morgan fingerprint density at radius 3 is 2.53 bits per heavy atom. The maximum Gasteiger partial charge on any atom is 0.240 e. The van der Waals surface area contributed by atoms with E-state index in [4.69, 9.17) is 9.47 Å². The number of imidazole rings is 1. The first kappa shape index (κ1) is 21.8. The molecule has 2 aromatic heterocycles. The topological polar surface area (TPSA) is 120 Å². The van der Waals surface area contributed by atoms with Crippen molar-refractivity contribution < 1.29 is 17.9 Å². The van der Waals surface area contributed by atoms with Crippen LogP contribution in [0.3, 0.4) is 0 Å². The van der Waals surface area contributed by atoms with Crippen molar-refractivity contribution in [3.63, 3.8) is 0 Å². The van der Waals surface area contributed by atoms with Crippen LogP contribution < -0.4 is 10.0 Å². The molecule has 2 N–H and O–H groups in total. The third kappa shape index (κ3) is 5.19. The lowest BCUT2D eigenvalue weighted by Gasteiger charge is -2.09. The van der Waals surface area contributed by atoms with Gasteiger partial charge in [0.05, 0.1) is 29.1 Å². The van der Waals surface area contributed by atoms with E-state index in [2.05, 4.69) is 25.0 Å². The number of rotatable bonds is 10. The van der Waals surface area contributed by atoms with Crippen molar-refractivity contribution in [1.29, 1.82) is 0 Å². The number of nitrogens with zero attached hydrogens (tertiary/aromatic N) is 4. The third-order valence-electron chi connectivity index (χ3n) is 4.29. The molecule has 0 aliphatic heterocycles. The average molecular weight is 433 g/mol. The van der Waals surface area contributed by atoms with Crippen molar-refractivity contribution in [2.75, 3.05) is 32.7 Å². The van der Waals surface area contributed by atoms with Gasteiger partial charge in [-0.25, -0.2) is 28.1 Å². The van der Waals surface area contributed by atoms with Crippen molar-refractivity contribution >= 4 is 21.7 Å². The van der Waals surface area contributed by atoms with Crippen molar-refractivity contribution in [3.8, 4) is 11.4 Å². The molecule has 30 heavy (non-hydrogen) atoms. The molecule has 0 aliphatic carbocycles. The van der Waals surface area contributed by atoms with Gasteiger partial charge in [-0.05, 0) is 30.3 Å². The largest absolute Gasteiger partial charge is 0.383 e. The molecule has 3 rings (SSSR count). The van der Waals surface area contributed by atoms with Gasteiger partial charge in [0.1, 0.15) is 12.4 Å². The summed E-state index contributed by atoms with van der Waals surface area (Å²) in [4.78, 5) is 13.3. The first-order valence-electron chi connectivity index (χ1n) is 9.13. The van der Waals surface area contributed by atoms with Crippen LogP contribution >= 0.6 is 0 Å². The molecule has 0 aliphatic rings. The SMILES string of the molecule is COCCNS(=O)(=O)c1ccc(Nc2nccc(-c3cnc(COC)n3C)n2)cc1. The van der Waals surface area contributed by atoms with Gasteiger partial charge in [-0.2, -0.15) is 0 Å². The van der Waals surface area contributed by atoms with Gasteiger partial charge in [0, 0.05) is 39.7 Å². The van der Waals surface area contributed by atoms with Gasteiger partial charge in [-0.3, -0.25) is 0 Å². The molecule has 0 saturated heterocycles. The molecular weight excluding hydrogens is 408 g/mol. The number of anilines is 2. The second-order valence-corrected chi connectivity index (χ2v) is 8.12. The van der Waals surface area contributed by atoms with Gasteiger partial charge in [-0.1, -0.05) is 0 Å². The standard InChI is InChI=1S/C19H24N6O4S/c1-25-17(12-21-18(25)13-29-3)16-8-9-20-19(24-16)23-14-4-6-15(7-5-14)30(26,27)22-10-11-28-2/h4-9,12,22H,10-11,13H2,1-3H3,(H,20,23,24). The predicted molar refractivity (Wildman–Crippen MR) is 112 cm³/mol. The van der Waals surface area contributed by atoms with E-state index in [1.807, 2.05) is 11.6 Å². The van der Waals surface area contributed by atoms with E-state index in [-0.39, 0.29) is 11.4 Å². The second kappa shape index (κ2) is 9.76. The van der Waals surface area contributed by atoms with Gasteiger partial charge in [0.15, 0.2) is 0 Å². The van der Waals surface area contributed by atoms with E-state index >= 15 is 0 Å². The van der Waals surface area contributed by atoms with E-state index in [0.29, 0.717) is 30.5 Å². The van der Waals surface area contributed by atoms with Crippen LogP contribution in [-0.4, -0.2) is 55.3 Å². The molecule has 0 unspecified atom stereocenters. The molecule has 0 amide bonds. The zero-order chi connectivity index (χ0) is 21.6. The second-order valence-electron chi connectivity index (χ2n) is 6.36. The molecule has 0 atom stereocenters. The van der Waals surface area contributed by atoms with E-state index in [1.165, 1.54) is 19.2 Å². The van der Waals surface area contributed by atoms with Crippen LogP contribution in [0, 0.1) is 0 Å². The van der Waals surface area contributed by atoms with Crippen molar-refractivity contribution in [2.45, 2.75) is 11.5 Å². The van der Waals surface area contributed by atoms with Crippen LogP contribution in [0.15, 0.2) is 47.6 Å². The van der Waals surface area contributed by atoms with Crippen molar-refractivity contribution in [2.24, 2.45) is 7.05 Å². The summed E-state index contributed by atoms with van der Waals surface area (Å²) in [6.45, 7) is 0.915. The number of hydrogen-bond acceptors (Lipinski definition) is 8. The molecule has 0 bridgehead atoms. The Balaban J connectivity index is 1.74. The van der Waals surface area contributed by atoms with E-state index < -0.39 is 10.0 Å². The van der Waals surface area contributed by atoms with E-state index in [1.54, 1.807) is 37.7 Å². The van der Waals surface area contributed by atoms with Crippen LogP contribution in [0.2, 0.25) is 0 Å². The lowest BCUT2D eigenvalue weighted by atomic mass is 10.3. The fraction of sp³-hybridized carbons (Fsp3) is 0.316. The monoisotopic (exact) mass is 432 g/mol. The van der Waals surface area contributed by atoms with Crippen LogP contribution in [0.4, 0.5) is 11.6 Å². The minimum Gasteiger partial charge on any atom is -0.383 e. The molecule has 11 heteroatoms. The van der Waals surface area contributed by atoms with Crippen LogP contribution in [0.5, 0.6) is 0 Å². The summed E-state index contributed by atoms with van der Waals surface area (Å²) in [6.07, 6.45) is 3.38. The summed E-state index contributed by atoms with van der Waals surface area (Å²) in [5.74, 6) is 1.17. The maximum absolute atomic E-state index is 12.2. The Kier molecular flexibility index (Phi) is 7.11. The third-order valence-corrected chi connectivity index (χ3v) is 5.77. The van der Waals surface area contributed by atoms with Gasteiger partial charge in [-0.15, -0.1) is 0 Å². The summed E-state index contributed by atoms with van der Waals surface area (Å²) in [5.41, 5.74) is 2.19. The number of benzene rings is 1. The highest BCUT2D eigenvalue weighted by atomic mass is 32.2. The van der Waals surface area contributed by atoms with Crippen molar-refractivity contribution in [1.82, 2.24) is 24.2 Å². The summed E-state index contributed by atoms with van der Waals surface area (Å²) in [7, 11) is 1.44. The van der Waals surface area contributed by atoms with Gasteiger partial charge >= 0.3 is 0 Å². The van der Waals surface area contributed by atoms with Gasteiger partial charge in [0.2, 0.25) is 16.0 Å². The summed E-state index contributed by atoms with van der Waals surface area (Å²) >= 11 is 0. The van der Waals surface area contributed by atoms with Gasteiger partial charge in [0.25, 0.3) is 0 Å². The fourth-order valence-corrected chi connectivity index (χ4v) is 3.73. The number of hydrogen-bond donors (Lipinski definition) is 2. The molecule has 0 radical (unpaired) electrons. The smallest absolute Gasteiger partial charge is 0.240 e. The molecule has 2 heterocycles. The lowest BCUT2D eigenvalue weighted by molar-refractivity contribution is 0.175. The highest BCUT2D eigenvalue weighted by Gasteiger charge is 2.14. The van der Waals surface area contributed by atoms with E-state index in [0.717, 1.165) is 11.5 Å². The van der Waals surface area contributed by atoms with Gasteiger partial charge < -0.3 is 19.4 Å². The maximum atomic E-state index is 12.2. The zero-order valence-corrected chi connectivity index (χ0v) is 17.8. The normalized spacial score (nSPS) is 11.6. The molecular formula is C19H24N6O4S. The first-order valence-corrected chi connectivity index (χ1v) is 10.6. The minimum absolute atomic E-state index is 0.166. The minimum atomic E-state index is -3.58. The quantitative estimate of drug-likeness (QED) is 0.465. The van der Waals surface area contributed by atoms with Crippen LogP contribution in [0.25, 0.3) is 11.4 Å². The molecule has 10 nitrogen and oxygen atoms in total. The Labute approximate surface area is 175 Å². The van der Waals surface area contributed by atoms with E-state index in [9.17, 15) is 8.42 Å². The zero-order valence-electron chi connectivity index (χ0n) is 17.0. The number of methoxy groups -OCH3 is 2. The Hall–Kier alpha value is -2.86. The highest BCUT2D eigenvalue weighted by molar-refractivity contribution is 7.89. The molecule has 160 valence electrons. The average Bonchev–Trinajstić information content (AvgIpc) is 3.09. The fourth-order valence-electron chi connectivity index (χ4n) is 2.72. The summed E-state index contributed by atoms with van der Waals surface area (Å²) < 4.78 is 38.8.